The van der Waals surface area contributed by atoms with E-state index < -0.39 is 0 Å². The first-order chi connectivity index (χ1) is 5.04. The second-order valence-corrected chi connectivity index (χ2v) is 3.82. The van der Waals surface area contributed by atoms with E-state index in [9.17, 15) is 5.11 Å². The van der Waals surface area contributed by atoms with Crippen molar-refractivity contribution in [2.24, 2.45) is 0 Å². The molecular weight excluding hydrogens is 216 g/mol. The molecule has 0 aromatic heterocycles. The number of hydrogen-bond acceptors (Lipinski definition) is 5. The Morgan fingerprint density at radius 3 is 2.00 bits per heavy atom. The van der Waals surface area contributed by atoms with Crippen LogP contribution in [0.1, 0.15) is 0 Å². The summed E-state index contributed by atoms with van der Waals surface area (Å²) in [5.74, 6) is 0.0412. The van der Waals surface area contributed by atoms with Gasteiger partial charge >= 0.3 is 0 Å². The number of aromatic hydroxyl groups is 1. The van der Waals surface area contributed by atoms with Crippen LogP contribution in [0, 0.1) is 0 Å². The molecule has 1 aromatic carbocycles. The van der Waals surface area contributed by atoms with E-state index in [1.54, 1.807) is 6.07 Å². The number of phenols is 1. The lowest BCUT2D eigenvalue weighted by Crippen LogP contribution is -1.78. The van der Waals surface area contributed by atoms with Gasteiger partial charge in [0.15, 0.2) is 0 Å². The number of phenolic OH excluding ortho intramolecular Hbond substituents is 1. The summed E-state index contributed by atoms with van der Waals surface area (Å²) < 4.78 is 0. The number of rotatable bonds is 0. The summed E-state index contributed by atoms with van der Waals surface area (Å²) in [4.78, 5) is 2.08. The maximum absolute atomic E-state index is 9.28. The normalized spacial score (nSPS) is 10.2. The van der Waals surface area contributed by atoms with Gasteiger partial charge in [0.2, 0.25) is 0 Å². The minimum absolute atomic E-state index is 0.0412. The molecule has 5 heteroatoms. The van der Waals surface area contributed by atoms with Crippen molar-refractivity contribution in [2.75, 3.05) is 0 Å². The fourth-order valence-electron chi connectivity index (χ4n) is 0.621. The van der Waals surface area contributed by atoms with Gasteiger partial charge < -0.3 is 5.11 Å². The minimum atomic E-state index is 0.0412. The number of thiol groups is 4. The summed E-state index contributed by atoms with van der Waals surface area (Å²) in [6.45, 7) is 0. The fraction of sp³-hybridized carbons (Fsp3) is 0. The Kier molecular flexibility index (Phi) is 2.96. The quantitative estimate of drug-likeness (QED) is 0.427. The van der Waals surface area contributed by atoms with E-state index in [0.717, 1.165) is 0 Å². The van der Waals surface area contributed by atoms with Crippen LogP contribution in [0.5, 0.6) is 5.75 Å². The summed E-state index contributed by atoms with van der Waals surface area (Å²) in [5, 5.41) is 9.28. The van der Waals surface area contributed by atoms with Crippen LogP contribution in [0.25, 0.3) is 0 Å². The van der Waals surface area contributed by atoms with Crippen molar-refractivity contribution in [3.8, 4) is 5.75 Å². The molecule has 0 fully saturated rings. The van der Waals surface area contributed by atoms with E-state index >= 15 is 0 Å². The molecule has 0 bridgehead atoms. The second-order valence-electron chi connectivity index (χ2n) is 1.96. The highest BCUT2D eigenvalue weighted by molar-refractivity contribution is 7.85. The summed E-state index contributed by atoms with van der Waals surface area (Å²) in [5.41, 5.74) is 0. The zero-order valence-corrected chi connectivity index (χ0v) is 8.89. The average Bonchev–Trinajstić information content (AvgIpc) is 1.97. The van der Waals surface area contributed by atoms with Crippen LogP contribution in [0.15, 0.2) is 25.6 Å². The molecule has 0 spiro atoms. The average molecular weight is 222 g/mol. The topological polar surface area (TPSA) is 20.2 Å². The zero-order valence-electron chi connectivity index (χ0n) is 5.31. The van der Waals surface area contributed by atoms with Crippen LogP contribution in [0.4, 0.5) is 0 Å². The molecule has 11 heavy (non-hydrogen) atoms. The van der Waals surface area contributed by atoms with Crippen molar-refractivity contribution in [1.82, 2.24) is 0 Å². The van der Waals surface area contributed by atoms with Gasteiger partial charge in [-0.1, -0.05) is 0 Å². The Balaban J connectivity index is 3.46. The van der Waals surface area contributed by atoms with Crippen LogP contribution in [-0.4, -0.2) is 5.11 Å². The third-order valence-corrected chi connectivity index (χ3v) is 3.15. The number of benzene rings is 1. The Bertz CT molecular complexity index is 271. The maximum atomic E-state index is 9.28. The van der Waals surface area contributed by atoms with Gasteiger partial charge in [0, 0.05) is 14.7 Å². The maximum Gasteiger partial charge on any atom is 0.143 e. The van der Waals surface area contributed by atoms with E-state index in [1.165, 1.54) is 0 Å². The van der Waals surface area contributed by atoms with Crippen molar-refractivity contribution >= 4 is 50.5 Å². The molecule has 0 unspecified atom stereocenters. The molecule has 1 aromatic rings. The first-order valence-electron chi connectivity index (χ1n) is 2.70. The van der Waals surface area contributed by atoms with Gasteiger partial charge in [-0.05, 0) is 6.07 Å². The van der Waals surface area contributed by atoms with Crippen molar-refractivity contribution in [2.45, 2.75) is 19.6 Å². The van der Waals surface area contributed by atoms with Crippen LogP contribution in [-0.2, 0) is 0 Å². The fourth-order valence-corrected chi connectivity index (χ4v) is 1.79. The van der Waals surface area contributed by atoms with Crippen LogP contribution >= 0.6 is 50.5 Å². The highest BCUT2D eigenvalue weighted by Crippen LogP contribution is 2.37. The van der Waals surface area contributed by atoms with Gasteiger partial charge in [-0.25, -0.2) is 0 Å². The highest BCUT2D eigenvalue weighted by Gasteiger charge is 2.08. The van der Waals surface area contributed by atoms with E-state index in [0.29, 0.717) is 19.6 Å². The molecule has 0 aliphatic heterocycles. The monoisotopic (exact) mass is 222 g/mol. The van der Waals surface area contributed by atoms with Crippen molar-refractivity contribution < 1.29 is 5.11 Å². The minimum Gasteiger partial charge on any atom is -0.506 e. The lowest BCUT2D eigenvalue weighted by atomic mass is 10.3. The molecule has 1 N–H and O–H groups in total. The molecule has 0 atom stereocenters. The zero-order chi connectivity index (χ0) is 8.59. The largest absolute Gasteiger partial charge is 0.506 e. The molecule has 0 radical (unpaired) electrons. The highest BCUT2D eigenvalue weighted by atomic mass is 32.1. The SMILES string of the molecule is Oc1c(S)cc(S)c(S)c1S. The first-order valence-corrected chi connectivity index (χ1v) is 4.48. The van der Waals surface area contributed by atoms with E-state index in [1.807, 2.05) is 0 Å². The summed E-state index contributed by atoms with van der Waals surface area (Å²) >= 11 is 16.2. The van der Waals surface area contributed by atoms with Gasteiger partial charge in [0.05, 0.1) is 4.90 Å². The number of hydrogen-bond donors (Lipinski definition) is 5. The van der Waals surface area contributed by atoms with Gasteiger partial charge in [-0.3, -0.25) is 0 Å². The molecule has 0 saturated carbocycles. The first kappa shape index (κ1) is 9.51. The summed E-state index contributed by atoms with van der Waals surface area (Å²) in [7, 11) is 0. The Labute approximate surface area is 86.8 Å². The second kappa shape index (κ2) is 3.43. The summed E-state index contributed by atoms with van der Waals surface area (Å²) in [6, 6.07) is 1.61. The molecule has 0 amide bonds. The molecular formula is C6H6OS4. The van der Waals surface area contributed by atoms with Gasteiger partial charge in [-0.15, -0.1) is 50.5 Å². The van der Waals surface area contributed by atoms with E-state index in [2.05, 4.69) is 50.5 Å². The Morgan fingerprint density at radius 1 is 0.909 bits per heavy atom. The van der Waals surface area contributed by atoms with Crippen molar-refractivity contribution in [3.05, 3.63) is 6.07 Å². The van der Waals surface area contributed by atoms with Crippen LogP contribution < -0.4 is 0 Å². The molecule has 0 aliphatic carbocycles. The van der Waals surface area contributed by atoms with Gasteiger partial charge in [-0.2, -0.15) is 0 Å². The molecule has 0 aliphatic rings. The van der Waals surface area contributed by atoms with Crippen LogP contribution in [0.3, 0.4) is 0 Å². The lowest BCUT2D eigenvalue weighted by molar-refractivity contribution is 0.444. The van der Waals surface area contributed by atoms with Crippen molar-refractivity contribution in [3.63, 3.8) is 0 Å². The Morgan fingerprint density at radius 2 is 1.45 bits per heavy atom. The summed E-state index contributed by atoms with van der Waals surface area (Å²) in [6.07, 6.45) is 0. The smallest absolute Gasteiger partial charge is 0.143 e. The predicted octanol–water partition coefficient (Wildman–Crippen LogP) is 2.55. The van der Waals surface area contributed by atoms with Gasteiger partial charge in [0.25, 0.3) is 0 Å². The molecule has 0 saturated heterocycles. The molecule has 1 nitrogen and oxygen atoms in total. The molecule has 60 valence electrons. The third-order valence-electron chi connectivity index (χ3n) is 1.21. The lowest BCUT2D eigenvalue weighted by Gasteiger charge is -2.06. The van der Waals surface area contributed by atoms with Gasteiger partial charge in [0.1, 0.15) is 5.75 Å². The molecule has 1 rings (SSSR count). The predicted molar refractivity (Wildman–Crippen MR) is 57.1 cm³/mol. The molecule has 0 heterocycles. The van der Waals surface area contributed by atoms with Crippen molar-refractivity contribution in [1.29, 1.82) is 0 Å². The third kappa shape index (κ3) is 1.77. The van der Waals surface area contributed by atoms with E-state index in [-0.39, 0.29) is 5.75 Å². The van der Waals surface area contributed by atoms with E-state index in [4.69, 9.17) is 0 Å². The standard InChI is InChI=1S/C6H6OS4/c7-4-2(8)1-3(9)5(10)6(4)11/h1,7-11H. The Hall–Kier alpha value is 0.420. The van der Waals surface area contributed by atoms with Crippen LogP contribution in [0.2, 0.25) is 0 Å².